The molecule has 3 aromatic rings. The molecule has 7 nitrogen and oxygen atoms in total. The zero-order chi connectivity index (χ0) is 20.4. The first-order valence-corrected chi connectivity index (χ1v) is 9.01. The smallest absolute Gasteiger partial charge is 0.322 e. The summed E-state index contributed by atoms with van der Waals surface area (Å²) in [6.07, 6.45) is 4.10. The van der Waals surface area contributed by atoms with Crippen LogP contribution >= 0.6 is 0 Å². The molecule has 1 aliphatic rings. The van der Waals surface area contributed by atoms with Crippen molar-refractivity contribution in [3.05, 3.63) is 71.1 Å². The number of aromatic amines is 1. The second-order valence-electron chi connectivity index (χ2n) is 6.66. The molecule has 0 spiro atoms. The Morgan fingerprint density at radius 2 is 2.24 bits per heavy atom. The predicted octanol–water partition coefficient (Wildman–Crippen LogP) is 4.05. The molecule has 2 aromatic carbocycles. The molecule has 4 rings (SSSR count). The molecule has 0 saturated carbocycles. The van der Waals surface area contributed by atoms with Crippen LogP contribution in [0.1, 0.15) is 11.1 Å². The molecule has 2 amide bonds. The highest BCUT2D eigenvalue weighted by molar-refractivity contribution is 5.96. The van der Waals surface area contributed by atoms with Crippen LogP contribution in [0.2, 0.25) is 0 Å². The Morgan fingerprint density at radius 3 is 2.97 bits per heavy atom. The summed E-state index contributed by atoms with van der Waals surface area (Å²) in [6.45, 7) is 8.18. The number of halogens is 1. The van der Waals surface area contributed by atoms with E-state index in [9.17, 15) is 9.18 Å². The molecule has 1 aliphatic heterocycles. The average Bonchev–Trinajstić information content (AvgIpc) is 3.40. The van der Waals surface area contributed by atoms with Crippen molar-refractivity contribution in [2.45, 2.75) is 13.0 Å². The lowest BCUT2D eigenvalue weighted by molar-refractivity contribution is 0.246. The zero-order valence-corrected chi connectivity index (χ0v) is 15.7. The normalized spacial score (nSPS) is 12.4. The van der Waals surface area contributed by atoms with Gasteiger partial charge in [-0.05, 0) is 41.3 Å². The zero-order valence-electron chi connectivity index (χ0n) is 15.7. The van der Waals surface area contributed by atoms with Gasteiger partial charge in [0.15, 0.2) is 5.69 Å². The number of ether oxygens (including phenoxy) is 1. The van der Waals surface area contributed by atoms with Crippen molar-refractivity contribution < 1.29 is 13.9 Å². The van der Waals surface area contributed by atoms with Crippen molar-refractivity contribution in [3.63, 3.8) is 0 Å². The van der Waals surface area contributed by atoms with E-state index < -0.39 is 5.82 Å². The van der Waals surface area contributed by atoms with Gasteiger partial charge in [-0.25, -0.2) is 14.0 Å². The minimum absolute atomic E-state index is 0.168. The first-order valence-electron chi connectivity index (χ1n) is 9.01. The largest absolute Gasteiger partial charge is 0.497 e. The van der Waals surface area contributed by atoms with Gasteiger partial charge in [-0.1, -0.05) is 6.07 Å². The number of hydrogen-bond acceptors (Lipinski definition) is 3. The number of aromatic nitrogens is 2. The number of nitrogens with one attached hydrogen (secondary N) is 2. The van der Waals surface area contributed by atoms with Gasteiger partial charge in [0.2, 0.25) is 0 Å². The van der Waals surface area contributed by atoms with E-state index in [1.54, 1.807) is 29.4 Å². The van der Waals surface area contributed by atoms with Crippen LogP contribution in [0.4, 0.5) is 20.6 Å². The van der Waals surface area contributed by atoms with E-state index in [2.05, 4.69) is 20.4 Å². The van der Waals surface area contributed by atoms with Gasteiger partial charge in [0, 0.05) is 36.6 Å². The summed E-state index contributed by atoms with van der Waals surface area (Å²) in [7, 11) is 1.46. The summed E-state index contributed by atoms with van der Waals surface area (Å²) < 4.78 is 18.7. The average molecular weight is 391 g/mol. The Labute approximate surface area is 166 Å². The predicted molar refractivity (Wildman–Crippen MR) is 107 cm³/mol. The van der Waals surface area contributed by atoms with E-state index in [0.717, 1.165) is 22.4 Å². The highest BCUT2D eigenvalue weighted by atomic mass is 19.1. The van der Waals surface area contributed by atoms with Gasteiger partial charge in [0.25, 0.3) is 0 Å². The van der Waals surface area contributed by atoms with E-state index in [1.165, 1.54) is 19.2 Å². The van der Waals surface area contributed by atoms with Gasteiger partial charge in [-0.3, -0.25) is 10.00 Å². The first-order chi connectivity index (χ1) is 14.1. The number of amides is 2. The van der Waals surface area contributed by atoms with Crippen molar-refractivity contribution in [2.24, 2.45) is 0 Å². The van der Waals surface area contributed by atoms with Crippen LogP contribution < -0.4 is 15.0 Å². The van der Waals surface area contributed by atoms with Crippen LogP contribution in [0.25, 0.3) is 16.0 Å². The minimum atomic E-state index is -0.423. The van der Waals surface area contributed by atoms with E-state index >= 15 is 0 Å². The van der Waals surface area contributed by atoms with Crippen LogP contribution in [0.5, 0.6) is 5.75 Å². The fourth-order valence-corrected chi connectivity index (χ4v) is 3.47. The molecule has 0 radical (unpaired) electrons. The van der Waals surface area contributed by atoms with Crippen molar-refractivity contribution in [1.29, 1.82) is 0 Å². The molecule has 29 heavy (non-hydrogen) atoms. The van der Waals surface area contributed by atoms with Crippen molar-refractivity contribution in [1.82, 2.24) is 15.5 Å². The Bertz CT molecular complexity index is 1100. The summed E-state index contributed by atoms with van der Waals surface area (Å²) in [6, 6.07) is 7.70. The van der Waals surface area contributed by atoms with Gasteiger partial charge in [0.1, 0.15) is 11.6 Å². The molecule has 146 valence electrons. The molecule has 0 aliphatic carbocycles. The molecule has 2 heterocycles. The van der Waals surface area contributed by atoms with Gasteiger partial charge >= 0.3 is 6.03 Å². The van der Waals surface area contributed by atoms with Crippen LogP contribution in [0.3, 0.4) is 0 Å². The third-order valence-corrected chi connectivity index (χ3v) is 4.88. The second kappa shape index (κ2) is 7.64. The molecule has 0 unspecified atom stereocenters. The van der Waals surface area contributed by atoms with Crippen molar-refractivity contribution in [3.8, 4) is 16.9 Å². The fraction of sp³-hybridized carbons (Fsp3) is 0.190. The Kier molecular flexibility index (Phi) is 4.87. The van der Waals surface area contributed by atoms with Gasteiger partial charge in [0.05, 0.1) is 19.9 Å². The number of nitrogens with zero attached hydrogens (tertiary/aromatic N) is 3. The molecular weight excluding hydrogens is 373 g/mol. The molecule has 2 N–H and O–H groups in total. The SMILES string of the molecule is [C-]#[N+]c1cc2c(cc1-c1cn[nH]c1)CCN2C(=O)NCc1cc(F)cc(OC)c1. The van der Waals surface area contributed by atoms with E-state index in [0.29, 0.717) is 30.0 Å². The van der Waals surface area contributed by atoms with E-state index in [4.69, 9.17) is 11.3 Å². The molecule has 0 fully saturated rings. The first kappa shape index (κ1) is 18.5. The number of rotatable bonds is 4. The molecule has 0 atom stereocenters. The number of H-pyrrole nitrogens is 1. The van der Waals surface area contributed by atoms with Crippen LogP contribution in [-0.4, -0.2) is 29.9 Å². The summed E-state index contributed by atoms with van der Waals surface area (Å²) in [5.74, 6) is -0.0252. The maximum absolute atomic E-state index is 13.6. The van der Waals surface area contributed by atoms with Crippen LogP contribution in [-0.2, 0) is 13.0 Å². The quantitative estimate of drug-likeness (QED) is 0.659. The summed E-state index contributed by atoms with van der Waals surface area (Å²) in [4.78, 5) is 18.0. The maximum atomic E-state index is 13.6. The van der Waals surface area contributed by atoms with Crippen molar-refractivity contribution >= 4 is 17.4 Å². The number of anilines is 1. The highest BCUT2D eigenvalue weighted by Gasteiger charge is 2.26. The van der Waals surface area contributed by atoms with Gasteiger partial charge in [-0.2, -0.15) is 5.10 Å². The lowest BCUT2D eigenvalue weighted by Crippen LogP contribution is -2.38. The topological polar surface area (TPSA) is 74.6 Å². The molecule has 0 bridgehead atoms. The summed E-state index contributed by atoms with van der Waals surface area (Å²) >= 11 is 0. The van der Waals surface area contributed by atoms with Crippen molar-refractivity contribution in [2.75, 3.05) is 18.6 Å². The number of methoxy groups -OCH3 is 1. The summed E-state index contributed by atoms with van der Waals surface area (Å²) in [5.41, 5.74) is 4.41. The Balaban J connectivity index is 1.54. The number of urea groups is 1. The van der Waals surface area contributed by atoms with Gasteiger partial charge < -0.3 is 10.1 Å². The lowest BCUT2D eigenvalue weighted by atomic mass is 10.0. The molecule has 1 aromatic heterocycles. The van der Waals surface area contributed by atoms with E-state index in [-0.39, 0.29) is 12.6 Å². The number of fused-ring (bicyclic) bond motifs is 1. The molecule has 8 heteroatoms. The third-order valence-electron chi connectivity index (χ3n) is 4.88. The van der Waals surface area contributed by atoms with Crippen LogP contribution in [0, 0.1) is 12.4 Å². The Morgan fingerprint density at radius 1 is 1.38 bits per heavy atom. The molecule has 0 saturated heterocycles. The lowest BCUT2D eigenvalue weighted by Gasteiger charge is -2.19. The van der Waals surface area contributed by atoms with E-state index in [1.807, 2.05) is 6.07 Å². The third kappa shape index (κ3) is 3.62. The number of carbonyl (C=O) groups is 1. The van der Waals surface area contributed by atoms with Crippen LogP contribution in [0.15, 0.2) is 42.7 Å². The minimum Gasteiger partial charge on any atom is -0.497 e. The Hall–Kier alpha value is -3.86. The maximum Gasteiger partial charge on any atom is 0.322 e. The summed E-state index contributed by atoms with van der Waals surface area (Å²) in [5, 5.41) is 9.51. The molecular formula is C21H18FN5O2. The monoisotopic (exact) mass is 391 g/mol. The fourth-order valence-electron chi connectivity index (χ4n) is 3.47. The standard InChI is InChI=1S/C21H18FN5O2/c1-23-19-9-20-14(7-18(19)15-11-25-26-12-15)3-4-27(20)21(28)24-10-13-5-16(22)8-17(6-13)29-2/h5-9,11-12H,3-4,10H2,2H3,(H,24,28)(H,25,26). The second-order valence-corrected chi connectivity index (χ2v) is 6.66. The number of benzene rings is 2. The van der Waals surface area contributed by atoms with Gasteiger partial charge in [-0.15, -0.1) is 0 Å². The number of carbonyl (C=O) groups excluding carboxylic acids is 1. The highest BCUT2D eigenvalue weighted by Crippen LogP contribution is 2.39. The number of hydrogen-bond donors (Lipinski definition) is 2.